The summed E-state index contributed by atoms with van der Waals surface area (Å²) in [6, 6.07) is 7.92. The van der Waals surface area contributed by atoms with Crippen molar-refractivity contribution < 1.29 is 29.3 Å². The van der Waals surface area contributed by atoms with Crippen LogP contribution in [-0.4, -0.2) is 28.2 Å². The number of carbonyl (C=O) groups is 3. The Morgan fingerprint density at radius 3 is 2.22 bits per heavy atom. The van der Waals surface area contributed by atoms with Crippen molar-refractivity contribution in [2.45, 2.75) is 0 Å². The van der Waals surface area contributed by atoms with Crippen LogP contribution in [0.1, 0.15) is 0 Å². The summed E-state index contributed by atoms with van der Waals surface area (Å²) in [5.74, 6) is -2.87. The second kappa shape index (κ2) is 6.04. The van der Waals surface area contributed by atoms with Gasteiger partial charge < -0.3 is 14.9 Å². The van der Waals surface area contributed by atoms with E-state index in [1.165, 1.54) is 12.1 Å². The molecule has 0 aliphatic heterocycles. The molecule has 3 N–H and O–H groups in total. The molecule has 7 heteroatoms. The zero-order valence-corrected chi connectivity index (χ0v) is 8.99. The lowest BCUT2D eigenvalue weighted by molar-refractivity contribution is -0.135. The van der Waals surface area contributed by atoms with Crippen LogP contribution in [0.4, 0.5) is 4.79 Å². The molecule has 1 aromatic rings. The van der Waals surface area contributed by atoms with Crippen molar-refractivity contribution in [1.82, 2.24) is 5.32 Å². The molecule has 0 fully saturated rings. The molecule has 94 valence electrons. The zero-order chi connectivity index (χ0) is 13.5. The van der Waals surface area contributed by atoms with Crippen LogP contribution >= 0.6 is 0 Å². The molecular weight excluding hydrogens is 242 g/mol. The summed E-state index contributed by atoms with van der Waals surface area (Å²) < 4.78 is 4.73. The maximum atomic E-state index is 11.3. The van der Waals surface area contributed by atoms with Crippen LogP contribution in [0.2, 0.25) is 0 Å². The molecule has 1 amide bonds. The number of carboxylic acid groups (broad SMARTS) is 2. The third-order valence-corrected chi connectivity index (χ3v) is 1.69. The van der Waals surface area contributed by atoms with Crippen molar-refractivity contribution in [3.63, 3.8) is 0 Å². The first kappa shape index (κ1) is 13.2. The SMILES string of the molecule is O=C(O)C=C(NC(=O)Oc1ccccc1)C(=O)O. The quantitative estimate of drug-likeness (QED) is 0.683. The van der Waals surface area contributed by atoms with Crippen LogP contribution in [0.25, 0.3) is 0 Å². The standard InChI is InChI=1S/C11H9NO6/c13-9(14)6-8(10(15)16)12-11(17)18-7-4-2-1-3-5-7/h1-6H,(H,12,17)(H,13,14)(H,15,16). The third kappa shape index (κ3) is 4.35. The molecule has 0 aromatic heterocycles. The molecule has 0 atom stereocenters. The van der Waals surface area contributed by atoms with Crippen molar-refractivity contribution in [1.29, 1.82) is 0 Å². The van der Waals surface area contributed by atoms with Crippen molar-refractivity contribution >= 4 is 18.0 Å². The van der Waals surface area contributed by atoms with Gasteiger partial charge in [-0.25, -0.2) is 14.4 Å². The molecule has 18 heavy (non-hydrogen) atoms. The third-order valence-electron chi connectivity index (χ3n) is 1.69. The van der Waals surface area contributed by atoms with Crippen molar-refractivity contribution in [3.05, 3.63) is 42.1 Å². The molecule has 0 spiro atoms. The van der Waals surface area contributed by atoms with Gasteiger partial charge in [-0.3, -0.25) is 5.32 Å². The smallest absolute Gasteiger partial charge is 0.417 e. The Hall–Kier alpha value is -2.83. The number of amides is 1. The summed E-state index contributed by atoms with van der Waals surface area (Å²) >= 11 is 0. The fraction of sp³-hybridized carbons (Fsp3) is 0. The molecule has 7 nitrogen and oxygen atoms in total. The number of para-hydroxylation sites is 1. The lowest BCUT2D eigenvalue weighted by Crippen LogP contribution is -2.30. The minimum absolute atomic E-state index is 0.204. The molecule has 0 bridgehead atoms. The van der Waals surface area contributed by atoms with E-state index >= 15 is 0 Å². The Labute approximate surface area is 101 Å². The van der Waals surface area contributed by atoms with E-state index < -0.39 is 23.7 Å². The summed E-state index contributed by atoms with van der Waals surface area (Å²) in [4.78, 5) is 32.2. The highest BCUT2D eigenvalue weighted by molar-refractivity contribution is 5.97. The average Bonchev–Trinajstić information content (AvgIpc) is 2.28. The lowest BCUT2D eigenvalue weighted by atomic mass is 10.3. The van der Waals surface area contributed by atoms with Gasteiger partial charge in [0.25, 0.3) is 0 Å². The van der Waals surface area contributed by atoms with Crippen LogP contribution < -0.4 is 10.1 Å². The number of rotatable bonds is 4. The number of benzene rings is 1. The number of ether oxygens (including phenoxy) is 1. The molecule has 1 rings (SSSR count). The van der Waals surface area contributed by atoms with Crippen molar-refractivity contribution in [2.75, 3.05) is 0 Å². The zero-order valence-electron chi connectivity index (χ0n) is 8.99. The molecule has 0 saturated heterocycles. The molecule has 1 aromatic carbocycles. The van der Waals surface area contributed by atoms with Gasteiger partial charge in [0.15, 0.2) is 0 Å². The molecular formula is C11H9NO6. The van der Waals surface area contributed by atoms with Crippen LogP contribution in [0.5, 0.6) is 5.75 Å². The summed E-state index contributed by atoms with van der Waals surface area (Å²) in [5, 5.41) is 18.9. The van der Waals surface area contributed by atoms with Gasteiger partial charge in [-0.2, -0.15) is 0 Å². The Balaban J connectivity index is 2.69. The minimum atomic E-state index is -1.58. The Bertz CT molecular complexity index is 494. The van der Waals surface area contributed by atoms with Crippen molar-refractivity contribution in [3.8, 4) is 5.75 Å². The first-order valence-electron chi connectivity index (χ1n) is 4.71. The number of aliphatic carboxylic acids is 2. The van der Waals surface area contributed by atoms with E-state index in [0.29, 0.717) is 6.08 Å². The summed E-state index contributed by atoms with van der Waals surface area (Å²) in [6.45, 7) is 0. The second-order valence-corrected chi connectivity index (χ2v) is 3.03. The number of carbonyl (C=O) groups excluding carboxylic acids is 1. The number of hydrogen-bond donors (Lipinski definition) is 3. The predicted molar refractivity (Wildman–Crippen MR) is 59.0 cm³/mol. The molecule has 0 radical (unpaired) electrons. The van der Waals surface area contributed by atoms with E-state index in [1.807, 2.05) is 5.32 Å². The van der Waals surface area contributed by atoms with Gasteiger partial charge in [0.2, 0.25) is 0 Å². The number of nitrogens with one attached hydrogen (secondary N) is 1. The van der Waals surface area contributed by atoms with Crippen LogP contribution in [0.3, 0.4) is 0 Å². The van der Waals surface area contributed by atoms with Crippen LogP contribution in [-0.2, 0) is 9.59 Å². The van der Waals surface area contributed by atoms with E-state index in [9.17, 15) is 14.4 Å². The molecule has 0 saturated carbocycles. The van der Waals surface area contributed by atoms with Gasteiger partial charge in [0.1, 0.15) is 11.4 Å². The van der Waals surface area contributed by atoms with Crippen LogP contribution in [0.15, 0.2) is 42.1 Å². The normalized spacial score (nSPS) is 10.6. The van der Waals surface area contributed by atoms with Crippen LogP contribution in [0, 0.1) is 0 Å². The highest BCUT2D eigenvalue weighted by atomic mass is 16.6. The fourth-order valence-electron chi connectivity index (χ4n) is 1.01. The summed E-state index contributed by atoms with van der Waals surface area (Å²) in [7, 11) is 0. The highest BCUT2D eigenvalue weighted by Gasteiger charge is 2.14. The van der Waals surface area contributed by atoms with E-state index in [2.05, 4.69) is 0 Å². The predicted octanol–water partition coefficient (Wildman–Crippen LogP) is 0.828. The average molecular weight is 251 g/mol. The molecule has 0 aliphatic carbocycles. The van der Waals surface area contributed by atoms with Gasteiger partial charge in [-0.1, -0.05) is 18.2 Å². The van der Waals surface area contributed by atoms with Gasteiger partial charge in [-0.15, -0.1) is 0 Å². The largest absolute Gasteiger partial charge is 0.478 e. The highest BCUT2D eigenvalue weighted by Crippen LogP contribution is 2.08. The van der Waals surface area contributed by atoms with Crippen molar-refractivity contribution in [2.24, 2.45) is 0 Å². The molecule has 0 aliphatic rings. The maximum Gasteiger partial charge on any atom is 0.417 e. The fourth-order valence-corrected chi connectivity index (χ4v) is 1.01. The first-order valence-corrected chi connectivity index (χ1v) is 4.71. The van der Waals surface area contributed by atoms with Gasteiger partial charge in [0, 0.05) is 0 Å². The minimum Gasteiger partial charge on any atom is -0.478 e. The second-order valence-electron chi connectivity index (χ2n) is 3.03. The van der Waals surface area contributed by atoms with Gasteiger partial charge in [-0.05, 0) is 12.1 Å². The topological polar surface area (TPSA) is 113 Å². The van der Waals surface area contributed by atoms with Gasteiger partial charge in [0.05, 0.1) is 6.08 Å². The molecule has 0 heterocycles. The first-order chi connectivity index (χ1) is 8.49. The van der Waals surface area contributed by atoms with E-state index in [-0.39, 0.29) is 5.75 Å². The van der Waals surface area contributed by atoms with Gasteiger partial charge >= 0.3 is 18.0 Å². The van der Waals surface area contributed by atoms with E-state index in [1.54, 1.807) is 18.2 Å². The van der Waals surface area contributed by atoms with E-state index in [0.717, 1.165) is 0 Å². The Morgan fingerprint density at radius 2 is 1.72 bits per heavy atom. The summed E-state index contributed by atoms with van der Waals surface area (Å²) in [5.41, 5.74) is -0.788. The Morgan fingerprint density at radius 1 is 1.11 bits per heavy atom. The monoisotopic (exact) mass is 251 g/mol. The Kier molecular flexibility index (Phi) is 4.44. The maximum absolute atomic E-state index is 11.3. The molecule has 0 unspecified atom stereocenters. The lowest BCUT2D eigenvalue weighted by Gasteiger charge is -2.06. The number of hydrogen-bond acceptors (Lipinski definition) is 4. The van der Waals surface area contributed by atoms with E-state index in [4.69, 9.17) is 14.9 Å². The summed E-state index contributed by atoms with van der Waals surface area (Å²) in [6.07, 6.45) is -0.731. The number of carboxylic acids is 2.